The molecule has 0 aliphatic carbocycles. The first-order valence-electron chi connectivity index (χ1n) is 13.5. The highest BCUT2D eigenvalue weighted by Gasteiger charge is 2.26. The zero-order valence-electron chi connectivity index (χ0n) is 23.5. The number of benzene rings is 1. The molecular weight excluding hydrogens is 533 g/mol. The highest BCUT2D eigenvalue weighted by Crippen LogP contribution is 2.40. The number of ether oxygens (including phenoxy) is 3. The molecule has 4 N–H and O–H groups in total. The Morgan fingerprint density at radius 1 is 1.17 bits per heavy atom. The minimum Gasteiger partial charge on any atom is -0.444 e. The number of halogens is 1. The van der Waals surface area contributed by atoms with Crippen molar-refractivity contribution in [2.75, 3.05) is 42.3 Å². The molecule has 1 unspecified atom stereocenters. The van der Waals surface area contributed by atoms with Gasteiger partial charge in [0.15, 0.2) is 5.82 Å². The van der Waals surface area contributed by atoms with E-state index in [-0.39, 0.29) is 36.2 Å². The molecule has 5 rings (SSSR count). The second kappa shape index (κ2) is 11.5. The summed E-state index contributed by atoms with van der Waals surface area (Å²) in [7, 11) is 0. The molecule has 41 heavy (non-hydrogen) atoms. The lowest BCUT2D eigenvalue weighted by Crippen LogP contribution is -2.27. The molecule has 1 fully saturated rings. The maximum atomic E-state index is 16.3. The van der Waals surface area contributed by atoms with Gasteiger partial charge in [-0.2, -0.15) is 0 Å². The van der Waals surface area contributed by atoms with Crippen LogP contribution in [0.25, 0.3) is 21.9 Å². The minimum atomic E-state index is -0.814. The molecule has 2 amide bonds. The van der Waals surface area contributed by atoms with Gasteiger partial charge in [-0.1, -0.05) is 0 Å². The van der Waals surface area contributed by atoms with E-state index < -0.39 is 29.7 Å². The van der Waals surface area contributed by atoms with E-state index in [0.717, 1.165) is 16.9 Å². The van der Waals surface area contributed by atoms with E-state index >= 15 is 4.39 Å². The van der Waals surface area contributed by atoms with Gasteiger partial charge in [0.25, 0.3) is 0 Å². The molecular formula is C29H34FN5O6. The summed E-state index contributed by atoms with van der Waals surface area (Å²) in [5.41, 5.74) is 2.28. The Bertz CT molecular complexity index is 1490. The highest BCUT2D eigenvalue weighted by atomic mass is 19.1. The molecule has 11 nitrogen and oxygen atoms in total. The van der Waals surface area contributed by atoms with Gasteiger partial charge in [0.1, 0.15) is 17.5 Å². The molecule has 0 bridgehead atoms. The van der Waals surface area contributed by atoms with Crippen LogP contribution in [0.5, 0.6) is 0 Å². The lowest BCUT2D eigenvalue weighted by molar-refractivity contribution is 0.0635. The monoisotopic (exact) mass is 567 g/mol. The SMILES string of the molecule is Cc1c(-c2cc3cc(NC(=O)OC(C)(C)C)ncc3c(NC(=O)O[C@@H]3CCOC3)c2F)cnc2c1NCC(CO)C2. The van der Waals surface area contributed by atoms with Crippen molar-refractivity contribution < 1.29 is 33.3 Å². The van der Waals surface area contributed by atoms with Crippen molar-refractivity contribution in [2.45, 2.75) is 52.2 Å². The van der Waals surface area contributed by atoms with E-state index in [4.69, 9.17) is 14.2 Å². The fraction of sp³-hybridized carbons (Fsp3) is 0.448. The third-order valence-corrected chi connectivity index (χ3v) is 6.99. The Kier molecular flexibility index (Phi) is 7.96. The number of nitrogens with one attached hydrogen (secondary N) is 3. The number of aromatic nitrogens is 2. The number of fused-ring (bicyclic) bond motifs is 2. The number of amides is 2. The van der Waals surface area contributed by atoms with Crippen LogP contribution in [0.1, 0.15) is 38.4 Å². The third kappa shape index (κ3) is 6.33. The van der Waals surface area contributed by atoms with Gasteiger partial charge >= 0.3 is 12.2 Å². The number of hydrogen-bond acceptors (Lipinski definition) is 9. The first kappa shape index (κ1) is 28.5. The summed E-state index contributed by atoms with van der Waals surface area (Å²) in [4.78, 5) is 34.0. The summed E-state index contributed by atoms with van der Waals surface area (Å²) in [6, 6.07) is 3.21. The number of aliphatic hydroxyl groups excluding tert-OH is 1. The average Bonchev–Trinajstić information content (AvgIpc) is 3.42. The number of rotatable bonds is 5. The third-order valence-electron chi connectivity index (χ3n) is 6.99. The van der Waals surface area contributed by atoms with Gasteiger partial charge in [-0.25, -0.2) is 19.0 Å². The molecule has 0 spiro atoms. The number of anilines is 3. The molecule has 3 aromatic rings. The van der Waals surface area contributed by atoms with Crippen molar-refractivity contribution in [3.8, 4) is 11.1 Å². The average molecular weight is 568 g/mol. The van der Waals surface area contributed by atoms with Crippen LogP contribution in [0.15, 0.2) is 24.5 Å². The maximum Gasteiger partial charge on any atom is 0.413 e. The summed E-state index contributed by atoms with van der Waals surface area (Å²) in [5, 5.41) is 18.9. The molecule has 12 heteroatoms. The van der Waals surface area contributed by atoms with Crippen LogP contribution in [0, 0.1) is 18.7 Å². The van der Waals surface area contributed by atoms with Crippen molar-refractivity contribution in [3.63, 3.8) is 0 Å². The number of aliphatic hydroxyl groups is 1. The van der Waals surface area contributed by atoms with Crippen molar-refractivity contribution >= 4 is 40.2 Å². The topological polar surface area (TPSA) is 144 Å². The van der Waals surface area contributed by atoms with Crippen LogP contribution in [0.3, 0.4) is 0 Å². The van der Waals surface area contributed by atoms with E-state index in [0.29, 0.717) is 42.3 Å². The zero-order valence-corrected chi connectivity index (χ0v) is 23.5. The van der Waals surface area contributed by atoms with Gasteiger partial charge in [-0.3, -0.25) is 15.6 Å². The van der Waals surface area contributed by atoms with Gasteiger partial charge < -0.3 is 24.6 Å². The minimum absolute atomic E-state index is 0.0417. The fourth-order valence-corrected chi connectivity index (χ4v) is 4.99. The van der Waals surface area contributed by atoms with Crippen LogP contribution in [-0.2, 0) is 20.6 Å². The van der Waals surface area contributed by atoms with Crippen LogP contribution < -0.4 is 16.0 Å². The van der Waals surface area contributed by atoms with Crippen molar-refractivity contribution in [1.29, 1.82) is 0 Å². The number of nitrogens with zero attached hydrogens (tertiary/aromatic N) is 2. The number of carbonyl (C=O) groups excluding carboxylic acids is 2. The van der Waals surface area contributed by atoms with Gasteiger partial charge in [0, 0.05) is 54.4 Å². The molecule has 0 radical (unpaired) electrons. The standard InChI is InChI=1S/C29H34FN5O6/c1-15-20(11-31-22-7-16(13-36)10-33-25(15)22)19-8-17-9-23(34-28(38)41-29(2,3)4)32-12-21(17)26(24(19)30)35-27(37)40-18-5-6-39-14-18/h8-9,11-12,16,18,33,36H,5-7,10,13-14H2,1-4H3,(H,35,37)(H,32,34,38)/t16?,18-/m1/s1. The van der Waals surface area contributed by atoms with Crippen molar-refractivity contribution in [2.24, 2.45) is 5.92 Å². The first-order chi connectivity index (χ1) is 19.5. The van der Waals surface area contributed by atoms with Gasteiger partial charge in [0.2, 0.25) is 0 Å². The summed E-state index contributed by atoms with van der Waals surface area (Å²) in [5.74, 6) is -0.438. The summed E-state index contributed by atoms with van der Waals surface area (Å²) >= 11 is 0. The van der Waals surface area contributed by atoms with E-state index in [2.05, 4.69) is 25.9 Å². The zero-order chi connectivity index (χ0) is 29.3. The number of hydrogen-bond donors (Lipinski definition) is 4. The highest BCUT2D eigenvalue weighted by molar-refractivity contribution is 6.04. The Hall–Kier alpha value is -4.03. The predicted molar refractivity (Wildman–Crippen MR) is 152 cm³/mol. The number of carbonyl (C=O) groups is 2. The van der Waals surface area contributed by atoms with E-state index in [1.54, 1.807) is 39.1 Å². The number of pyridine rings is 2. The molecule has 2 atom stereocenters. The second-order valence-corrected chi connectivity index (χ2v) is 11.3. The quantitative estimate of drug-likeness (QED) is 0.335. The lowest BCUT2D eigenvalue weighted by atomic mass is 9.92. The molecule has 0 saturated carbocycles. The molecule has 1 aromatic carbocycles. The molecule has 218 valence electrons. The van der Waals surface area contributed by atoms with E-state index in [1.165, 1.54) is 6.20 Å². The molecule has 2 aromatic heterocycles. The molecule has 2 aliphatic rings. The largest absolute Gasteiger partial charge is 0.444 e. The van der Waals surface area contributed by atoms with Gasteiger partial charge in [0.05, 0.1) is 30.3 Å². The summed E-state index contributed by atoms with van der Waals surface area (Å²) in [6.45, 7) is 8.50. The van der Waals surface area contributed by atoms with Crippen LogP contribution in [0.2, 0.25) is 0 Å². The summed E-state index contributed by atoms with van der Waals surface area (Å²) < 4.78 is 32.3. The maximum absolute atomic E-state index is 16.3. The lowest BCUT2D eigenvalue weighted by Gasteiger charge is -2.26. The Morgan fingerprint density at radius 2 is 1.98 bits per heavy atom. The normalized spacial score (nSPS) is 18.4. The molecule has 1 saturated heterocycles. The second-order valence-electron chi connectivity index (χ2n) is 11.3. The Balaban J connectivity index is 1.57. The van der Waals surface area contributed by atoms with Gasteiger partial charge in [-0.05, 0) is 57.2 Å². The smallest absolute Gasteiger partial charge is 0.413 e. The molecule has 2 aliphatic heterocycles. The van der Waals surface area contributed by atoms with E-state index in [9.17, 15) is 14.7 Å². The Labute approximate surface area is 236 Å². The van der Waals surface area contributed by atoms with Crippen LogP contribution in [0.4, 0.5) is 31.2 Å². The van der Waals surface area contributed by atoms with Crippen LogP contribution >= 0.6 is 0 Å². The fourth-order valence-electron chi connectivity index (χ4n) is 4.99. The van der Waals surface area contributed by atoms with E-state index in [1.807, 2.05) is 6.92 Å². The van der Waals surface area contributed by atoms with Crippen molar-refractivity contribution in [1.82, 2.24) is 9.97 Å². The molecule has 4 heterocycles. The van der Waals surface area contributed by atoms with Crippen molar-refractivity contribution in [3.05, 3.63) is 41.6 Å². The van der Waals surface area contributed by atoms with Crippen LogP contribution in [-0.4, -0.2) is 65.3 Å². The predicted octanol–water partition coefficient (Wildman–Crippen LogP) is 5.01. The summed E-state index contributed by atoms with van der Waals surface area (Å²) in [6.07, 6.45) is 2.21. The first-order valence-corrected chi connectivity index (χ1v) is 13.5. The van der Waals surface area contributed by atoms with Gasteiger partial charge in [-0.15, -0.1) is 0 Å². The Morgan fingerprint density at radius 3 is 2.68 bits per heavy atom.